The summed E-state index contributed by atoms with van der Waals surface area (Å²) in [5, 5.41) is -0.731. The van der Waals surface area contributed by atoms with E-state index in [0.717, 1.165) is 12.1 Å². The molecule has 0 aliphatic carbocycles. The minimum atomic E-state index is -4.46. The number of ether oxygens (including phenoxy) is 2. The molecule has 3 aliphatic rings. The Morgan fingerprint density at radius 1 is 1.29 bits per heavy atom. The van der Waals surface area contributed by atoms with Gasteiger partial charge in [0.2, 0.25) is 0 Å². The van der Waals surface area contributed by atoms with Crippen molar-refractivity contribution in [1.82, 2.24) is 0 Å². The number of esters is 1. The van der Waals surface area contributed by atoms with Crippen LogP contribution in [0, 0.1) is 0 Å². The summed E-state index contributed by atoms with van der Waals surface area (Å²) < 4.78 is 70.7. The van der Waals surface area contributed by atoms with Crippen molar-refractivity contribution < 1.29 is 39.8 Å². The number of carbonyl (C=O) groups is 1. The SMILES string of the molecule is O=C(OC1C2CC3C(O2)C1OS3(=O)=O)c1cccc(S(=O)(=O)O)c1. The monoisotopic (exact) mass is 376 g/mol. The Labute approximate surface area is 137 Å². The van der Waals surface area contributed by atoms with Gasteiger partial charge in [-0.15, -0.1) is 0 Å². The molecule has 1 N–H and O–H groups in total. The smallest absolute Gasteiger partial charge is 0.338 e. The summed E-state index contributed by atoms with van der Waals surface area (Å²) in [4.78, 5) is 11.8. The second-order valence-electron chi connectivity index (χ2n) is 5.84. The number of hydrogen-bond acceptors (Lipinski definition) is 8. The highest BCUT2D eigenvalue weighted by Crippen LogP contribution is 2.47. The quantitative estimate of drug-likeness (QED) is 0.430. The molecule has 3 aliphatic heterocycles. The van der Waals surface area contributed by atoms with Crippen LogP contribution in [0.2, 0.25) is 0 Å². The lowest BCUT2D eigenvalue weighted by Crippen LogP contribution is -2.41. The van der Waals surface area contributed by atoms with Gasteiger partial charge in [0, 0.05) is 0 Å². The molecule has 0 amide bonds. The zero-order valence-electron chi connectivity index (χ0n) is 11.9. The van der Waals surface area contributed by atoms with Crippen LogP contribution in [-0.2, 0) is 33.9 Å². The average molecular weight is 376 g/mol. The highest BCUT2D eigenvalue weighted by Gasteiger charge is 2.67. The average Bonchev–Trinajstić information content (AvgIpc) is 3.10. The minimum Gasteiger partial charge on any atom is -0.453 e. The lowest BCUT2D eigenvalue weighted by atomic mass is 9.94. The summed E-state index contributed by atoms with van der Waals surface area (Å²) >= 11 is 0. The summed E-state index contributed by atoms with van der Waals surface area (Å²) in [5.41, 5.74) is -0.0923. The van der Waals surface area contributed by atoms with Crippen molar-refractivity contribution in [3.05, 3.63) is 29.8 Å². The normalized spacial score (nSPS) is 36.0. The van der Waals surface area contributed by atoms with Gasteiger partial charge in [-0.2, -0.15) is 16.8 Å². The van der Waals surface area contributed by atoms with E-state index in [1.165, 1.54) is 12.1 Å². The molecule has 1 aromatic rings. The van der Waals surface area contributed by atoms with Crippen LogP contribution in [0.5, 0.6) is 0 Å². The van der Waals surface area contributed by atoms with E-state index in [-0.39, 0.29) is 12.0 Å². The molecule has 4 rings (SSSR count). The highest BCUT2D eigenvalue weighted by atomic mass is 32.2. The summed E-state index contributed by atoms with van der Waals surface area (Å²) in [6.45, 7) is 0. The Kier molecular flexibility index (Phi) is 3.32. The molecule has 0 spiro atoms. The van der Waals surface area contributed by atoms with Crippen LogP contribution in [0.1, 0.15) is 16.8 Å². The van der Waals surface area contributed by atoms with Crippen LogP contribution in [0.25, 0.3) is 0 Å². The van der Waals surface area contributed by atoms with E-state index in [2.05, 4.69) is 0 Å². The number of carbonyl (C=O) groups excluding carboxylic acids is 1. The highest BCUT2D eigenvalue weighted by molar-refractivity contribution is 7.87. The third-order valence-corrected chi connectivity index (χ3v) is 6.95. The minimum absolute atomic E-state index is 0.0923. The molecular weight excluding hydrogens is 364 g/mol. The predicted molar refractivity (Wildman–Crippen MR) is 76.3 cm³/mol. The molecule has 3 fully saturated rings. The Morgan fingerprint density at radius 2 is 2.04 bits per heavy atom. The molecule has 2 bridgehead atoms. The van der Waals surface area contributed by atoms with Crippen molar-refractivity contribution in [2.24, 2.45) is 0 Å². The van der Waals surface area contributed by atoms with E-state index < -0.39 is 60.8 Å². The molecule has 0 saturated carbocycles. The third kappa shape index (κ3) is 2.35. The van der Waals surface area contributed by atoms with Gasteiger partial charge in [0.15, 0.2) is 6.10 Å². The maximum absolute atomic E-state index is 12.2. The Balaban J connectivity index is 1.56. The van der Waals surface area contributed by atoms with Crippen molar-refractivity contribution in [3.63, 3.8) is 0 Å². The van der Waals surface area contributed by atoms with Gasteiger partial charge in [-0.05, 0) is 24.6 Å². The van der Waals surface area contributed by atoms with Gasteiger partial charge >= 0.3 is 5.97 Å². The first-order chi connectivity index (χ1) is 11.2. The third-order valence-electron chi connectivity index (χ3n) is 4.40. The fourth-order valence-electron chi connectivity index (χ4n) is 3.34. The van der Waals surface area contributed by atoms with Gasteiger partial charge in [-0.1, -0.05) is 6.07 Å². The van der Waals surface area contributed by atoms with E-state index in [4.69, 9.17) is 18.2 Å². The van der Waals surface area contributed by atoms with Crippen molar-refractivity contribution in [3.8, 4) is 0 Å². The second kappa shape index (κ2) is 4.99. The first kappa shape index (κ1) is 16.0. The summed E-state index contributed by atoms with van der Waals surface area (Å²) in [6, 6.07) is 4.70. The van der Waals surface area contributed by atoms with Crippen LogP contribution < -0.4 is 0 Å². The van der Waals surface area contributed by atoms with Crippen LogP contribution in [-0.4, -0.2) is 57.0 Å². The zero-order valence-corrected chi connectivity index (χ0v) is 13.6. The Morgan fingerprint density at radius 3 is 2.75 bits per heavy atom. The van der Waals surface area contributed by atoms with Gasteiger partial charge < -0.3 is 9.47 Å². The van der Waals surface area contributed by atoms with Gasteiger partial charge in [-0.3, -0.25) is 8.74 Å². The molecule has 3 heterocycles. The number of hydrogen-bond donors (Lipinski definition) is 1. The summed E-state index contributed by atoms with van der Waals surface area (Å²) in [7, 11) is -8.17. The van der Waals surface area contributed by atoms with Crippen molar-refractivity contribution in [2.45, 2.75) is 41.0 Å². The van der Waals surface area contributed by atoms with Crippen molar-refractivity contribution in [1.29, 1.82) is 0 Å². The lowest BCUT2D eigenvalue weighted by Gasteiger charge is -2.21. The second-order valence-corrected chi connectivity index (χ2v) is 9.04. The number of rotatable bonds is 3. The van der Waals surface area contributed by atoms with Gasteiger partial charge in [-0.25, -0.2) is 4.79 Å². The lowest BCUT2D eigenvalue weighted by molar-refractivity contribution is -0.00953. The predicted octanol–water partition coefficient (Wildman–Crippen LogP) is -0.273. The van der Waals surface area contributed by atoms with Crippen LogP contribution in [0.4, 0.5) is 0 Å². The number of fused-ring (bicyclic) bond motifs is 1. The molecule has 0 radical (unpaired) electrons. The van der Waals surface area contributed by atoms with E-state index >= 15 is 0 Å². The molecule has 1 aromatic carbocycles. The maximum Gasteiger partial charge on any atom is 0.338 e. The van der Waals surface area contributed by atoms with Gasteiger partial charge in [0.25, 0.3) is 20.2 Å². The Hall–Kier alpha value is -1.53. The van der Waals surface area contributed by atoms with E-state index in [0.29, 0.717) is 0 Å². The standard InChI is InChI=1S/C13H12O9S2/c14-13(6-2-1-3-7(4-6)23(15,16)17)21-10-8-5-9-11(20-8)12(10)22-24(9,18)19/h1-4,8-12H,5H2,(H,15,16,17). The first-order valence-corrected chi connectivity index (χ1v) is 9.94. The van der Waals surface area contributed by atoms with Gasteiger partial charge in [0.05, 0.1) is 16.6 Å². The molecule has 130 valence electrons. The van der Waals surface area contributed by atoms with Crippen molar-refractivity contribution >= 4 is 26.2 Å². The van der Waals surface area contributed by atoms with E-state index in [1.54, 1.807) is 0 Å². The summed E-state index contributed by atoms with van der Waals surface area (Å²) in [6.07, 6.45) is -2.80. The Bertz CT molecular complexity index is 921. The van der Waals surface area contributed by atoms with E-state index in [9.17, 15) is 21.6 Å². The van der Waals surface area contributed by atoms with E-state index in [1.807, 2.05) is 0 Å². The molecule has 5 unspecified atom stereocenters. The zero-order chi connectivity index (χ0) is 17.3. The molecule has 5 atom stereocenters. The van der Waals surface area contributed by atoms with Crippen LogP contribution in [0.3, 0.4) is 0 Å². The fraction of sp³-hybridized carbons (Fsp3) is 0.462. The largest absolute Gasteiger partial charge is 0.453 e. The van der Waals surface area contributed by atoms with Crippen LogP contribution in [0.15, 0.2) is 29.2 Å². The maximum atomic E-state index is 12.2. The molecule has 11 heteroatoms. The molecule has 24 heavy (non-hydrogen) atoms. The van der Waals surface area contributed by atoms with Crippen LogP contribution >= 0.6 is 0 Å². The molecular formula is C13H12O9S2. The van der Waals surface area contributed by atoms with Crippen molar-refractivity contribution in [2.75, 3.05) is 0 Å². The molecule has 0 aromatic heterocycles. The first-order valence-electron chi connectivity index (χ1n) is 7.03. The summed E-state index contributed by atoms with van der Waals surface area (Å²) in [5.74, 6) is -0.855. The van der Waals surface area contributed by atoms with Gasteiger partial charge in [0.1, 0.15) is 17.5 Å². The molecule has 9 nitrogen and oxygen atoms in total. The number of benzene rings is 1. The fourth-order valence-corrected chi connectivity index (χ4v) is 5.51. The topological polar surface area (TPSA) is 133 Å². The molecule has 3 saturated heterocycles.